The number of benzene rings is 2. The second kappa shape index (κ2) is 5.96. The summed E-state index contributed by atoms with van der Waals surface area (Å²) in [7, 11) is 0. The Bertz CT molecular complexity index is 920. The van der Waals surface area contributed by atoms with Crippen molar-refractivity contribution in [2.75, 3.05) is 6.54 Å². The molecular weight excluding hydrogens is 300 g/mol. The van der Waals surface area contributed by atoms with Crippen LogP contribution in [0.15, 0.2) is 54.6 Å². The number of pyridine rings is 1. The number of hydrogen-bond donors (Lipinski definition) is 0. The first-order chi connectivity index (χ1) is 11.7. The highest BCUT2D eigenvalue weighted by Crippen LogP contribution is 2.27. The molecule has 0 fully saturated rings. The summed E-state index contributed by atoms with van der Waals surface area (Å²) in [6, 6.07) is 18.2. The van der Waals surface area contributed by atoms with Gasteiger partial charge in [-0.25, -0.2) is 9.78 Å². The second-order valence-electron chi connectivity index (χ2n) is 6.11. The number of rotatable bonds is 3. The molecule has 0 spiro atoms. The van der Waals surface area contributed by atoms with E-state index in [0.717, 1.165) is 22.9 Å². The molecule has 3 aromatic rings. The molecule has 0 saturated heterocycles. The third-order valence-corrected chi connectivity index (χ3v) is 4.48. The number of para-hydroxylation sites is 1. The second-order valence-corrected chi connectivity index (χ2v) is 6.11. The van der Waals surface area contributed by atoms with Gasteiger partial charge in [-0.3, -0.25) is 0 Å². The van der Waals surface area contributed by atoms with Gasteiger partial charge in [0.1, 0.15) is 0 Å². The van der Waals surface area contributed by atoms with Crippen LogP contribution in [0, 0.1) is 6.92 Å². The Hall–Kier alpha value is -2.88. The minimum Gasteiger partial charge on any atom is -0.391 e. The van der Waals surface area contributed by atoms with Gasteiger partial charge >= 0.3 is 6.09 Å². The highest BCUT2D eigenvalue weighted by Gasteiger charge is 2.26. The molecule has 4 rings (SSSR count). The van der Waals surface area contributed by atoms with Crippen molar-refractivity contribution in [1.82, 2.24) is 9.88 Å². The summed E-state index contributed by atoms with van der Waals surface area (Å²) in [5.74, 6) is 0.436. The van der Waals surface area contributed by atoms with Crippen LogP contribution in [0.5, 0.6) is 5.88 Å². The molecule has 1 aliphatic rings. The zero-order chi connectivity index (χ0) is 16.5. The molecule has 0 unspecified atom stereocenters. The van der Waals surface area contributed by atoms with Crippen LogP contribution in [0.2, 0.25) is 0 Å². The van der Waals surface area contributed by atoms with Gasteiger partial charge in [-0.15, -0.1) is 0 Å². The first-order valence-electron chi connectivity index (χ1n) is 8.10. The third kappa shape index (κ3) is 2.71. The van der Waals surface area contributed by atoms with Gasteiger partial charge in [0.15, 0.2) is 0 Å². The van der Waals surface area contributed by atoms with Crippen LogP contribution in [-0.4, -0.2) is 22.5 Å². The third-order valence-electron chi connectivity index (χ3n) is 4.48. The van der Waals surface area contributed by atoms with Crippen LogP contribution in [0.1, 0.15) is 16.7 Å². The number of aromatic nitrogens is 1. The number of ether oxygens (including phenoxy) is 1. The summed E-state index contributed by atoms with van der Waals surface area (Å²) in [6.45, 7) is 3.27. The number of carbonyl (C=O) groups excluding carboxylic acids is 1. The summed E-state index contributed by atoms with van der Waals surface area (Å²) in [5.41, 5.74) is 4.30. The van der Waals surface area contributed by atoms with Gasteiger partial charge in [-0.1, -0.05) is 42.5 Å². The summed E-state index contributed by atoms with van der Waals surface area (Å²) in [4.78, 5) is 18.5. The Morgan fingerprint density at radius 1 is 1.12 bits per heavy atom. The molecular formula is C20H18N2O2. The molecule has 0 N–H and O–H groups in total. The normalized spacial score (nSPS) is 13.7. The van der Waals surface area contributed by atoms with Crippen LogP contribution in [0.25, 0.3) is 10.9 Å². The number of aryl methyl sites for hydroxylation is 1. The molecule has 1 amide bonds. The van der Waals surface area contributed by atoms with Gasteiger partial charge in [0.25, 0.3) is 0 Å². The highest BCUT2D eigenvalue weighted by atomic mass is 16.6. The minimum atomic E-state index is -0.320. The molecule has 2 aromatic carbocycles. The van der Waals surface area contributed by atoms with Crippen molar-refractivity contribution in [3.8, 4) is 5.88 Å². The molecule has 4 nitrogen and oxygen atoms in total. The standard InChI is InChI=1S/C20H18N2O2/c1-14-6-2-3-7-15(14)10-11-22-13-17-12-16-8-4-5-9-18(16)21-19(17)24-20(22)23/h2-9,12H,10-11,13H2,1H3. The number of nitrogens with zero attached hydrogens (tertiary/aromatic N) is 2. The van der Waals surface area contributed by atoms with E-state index >= 15 is 0 Å². The molecule has 0 saturated carbocycles. The van der Waals surface area contributed by atoms with Crippen LogP contribution in [0.3, 0.4) is 0 Å². The zero-order valence-corrected chi connectivity index (χ0v) is 13.5. The van der Waals surface area contributed by atoms with E-state index in [1.54, 1.807) is 4.90 Å². The first-order valence-corrected chi connectivity index (χ1v) is 8.10. The van der Waals surface area contributed by atoms with E-state index in [-0.39, 0.29) is 6.09 Å². The lowest BCUT2D eigenvalue weighted by atomic mass is 10.1. The average Bonchev–Trinajstić information content (AvgIpc) is 2.59. The van der Waals surface area contributed by atoms with E-state index in [9.17, 15) is 4.79 Å². The average molecular weight is 318 g/mol. The number of amides is 1. The summed E-state index contributed by atoms with van der Waals surface area (Å²) in [5, 5.41) is 1.06. The lowest BCUT2D eigenvalue weighted by molar-refractivity contribution is 0.136. The van der Waals surface area contributed by atoms with Crippen molar-refractivity contribution in [2.24, 2.45) is 0 Å². The fraction of sp³-hybridized carbons (Fsp3) is 0.200. The lowest BCUT2D eigenvalue weighted by Gasteiger charge is -2.27. The van der Waals surface area contributed by atoms with Crippen molar-refractivity contribution in [3.05, 3.63) is 71.3 Å². The number of hydrogen-bond acceptors (Lipinski definition) is 3. The van der Waals surface area contributed by atoms with E-state index in [4.69, 9.17) is 4.74 Å². The highest BCUT2D eigenvalue weighted by molar-refractivity contribution is 5.82. The van der Waals surface area contributed by atoms with Crippen molar-refractivity contribution in [3.63, 3.8) is 0 Å². The Morgan fingerprint density at radius 3 is 2.79 bits per heavy atom. The summed E-state index contributed by atoms with van der Waals surface area (Å²) in [6.07, 6.45) is 0.497. The van der Waals surface area contributed by atoms with E-state index < -0.39 is 0 Å². The largest absolute Gasteiger partial charge is 0.416 e. The van der Waals surface area contributed by atoms with Crippen molar-refractivity contribution in [1.29, 1.82) is 0 Å². The van der Waals surface area contributed by atoms with Gasteiger partial charge in [0.05, 0.1) is 12.1 Å². The van der Waals surface area contributed by atoms with Gasteiger partial charge < -0.3 is 9.64 Å². The number of carbonyl (C=O) groups is 1. The Morgan fingerprint density at radius 2 is 1.92 bits per heavy atom. The molecule has 0 bridgehead atoms. The molecule has 120 valence electrons. The van der Waals surface area contributed by atoms with E-state index in [0.29, 0.717) is 19.0 Å². The topological polar surface area (TPSA) is 42.4 Å². The lowest BCUT2D eigenvalue weighted by Crippen LogP contribution is -2.38. The van der Waals surface area contributed by atoms with Crippen molar-refractivity contribution >= 4 is 17.0 Å². The molecule has 1 aromatic heterocycles. The first kappa shape index (κ1) is 14.7. The van der Waals surface area contributed by atoms with E-state index in [1.807, 2.05) is 36.4 Å². The zero-order valence-electron chi connectivity index (χ0n) is 13.5. The van der Waals surface area contributed by atoms with E-state index in [1.165, 1.54) is 11.1 Å². The summed E-state index contributed by atoms with van der Waals surface area (Å²) >= 11 is 0. The molecule has 24 heavy (non-hydrogen) atoms. The predicted octanol–water partition coefficient (Wildman–Crippen LogP) is 4.10. The maximum absolute atomic E-state index is 12.3. The van der Waals surface area contributed by atoms with Gasteiger partial charge in [-0.2, -0.15) is 0 Å². The Kier molecular flexibility index (Phi) is 3.65. The molecule has 4 heteroatoms. The smallest absolute Gasteiger partial charge is 0.391 e. The summed E-state index contributed by atoms with van der Waals surface area (Å²) < 4.78 is 5.45. The molecule has 0 atom stereocenters. The molecule has 2 heterocycles. The van der Waals surface area contributed by atoms with Crippen LogP contribution < -0.4 is 4.74 Å². The van der Waals surface area contributed by atoms with E-state index in [2.05, 4.69) is 30.1 Å². The van der Waals surface area contributed by atoms with Gasteiger partial charge in [0.2, 0.25) is 5.88 Å². The molecule has 0 aliphatic carbocycles. The van der Waals surface area contributed by atoms with Crippen LogP contribution in [0.4, 0.5) is 4.79 Å². The van der Waals surface area contributed by atoms with Crippen LogP contribution in [-0.2, 0) is 13.0 Å². The van der Waals surface area contributed by atoms with Gasteiger partial charge in [-0.05, 0) is 36.6 Å². The predicted molar refractivity (Wildman–Crippen MR) is 93.1 cm³/mol. The monoisotopic (exact) mass is 318 g/mol. The fourth-order valence-corrected chi connectivity index (χ4v) is 3.08. The number of fused-ring (bicyclic) bond motifs is 2. The quantitative estimate of drug-likeness (QED) is 0.730. The maximum Gasteiger partial charge on any atom is 0.416 e. The van der Waals surface area contributed by atoms with Crippen molar-refractivity contribution in [2.45, 2.75) is 19.9 Å². The Labute approximate surface area is 140 Å². The Balaban J connectivity index is 1.56. The van der Waals surface area contributed by atoms with Crippen LogP contribution >= 0.6 is 0 Å². The van der Waals surface area contributed by atoms with Gasteiger partial charge in [0, 0.05) is 17.5 Å². The molecule has 0 radical (unpaired) electrons. The SMILES string of the molecule is Cc1ccccc1CCN1Cc2cc3ccccc3nc2OC1=O. The fourth-order valence-electron chi connectivity index (χ4n) is 3.08. The molecule has 1 aliphatic heterocycles. The maximum atomic E-state index is 12.3. The minimum absolute atomic E-state index is 0.320. The van der Waals surface area contributed by atoms with Crippen molar-refractivity contribution < 1.29 is 9.53 Å².